The largest absolute Gasteiger partial charge is 0.496 e. The van der Waals surface area contributed by atoms with Crippen LogP contribution in [0.5, 0.6) is 5.75 Å². The smallest absolute Gasteiger partial charge is 0.123 e. The maximum absolute atomic E-state index is 5.57. The number of hydrogen-bond acceptors (Lipinski definition) is 2. The third-order valence-corrected chi connectivity index (χ3v) is 4.55. The Morgan fingerprint density at radius 2 is 2.11 bits per heavy atom. The Morgan fingerprint density at radius 3 is 2.61 bits per heavy atom. The number of nitrogens with one attached hydrogen (secondary N) is 1. The lowest BCUT2D eigenvalue weighted by molar-refractivity contribution is 0.397. The highest BCUT2D eigenvalue weighted by Crippen LogP contribution is 2.39. The molecule has 1 aromatic carbocycles. The average Bonchev–Trinajstić information content (AvgIpc) is 2.75. The van der Waals surface area contributed by atoms with Crippen LogP contribution in [0.1, 0.15) is 50.7 Å². The zero-order valence-corrected chi connectivity index (χ0v) is 13.2. The molecule has 0 saturated carbocycles. The summed E-state index contributed by atoms with van der Waals surface area (Å²) >= 11 is 3.70. The lowest BCUT2D eigenvalue weighted by Crippen LogP contribution is -2.33. The van der Waals surface area contributed by atoms with Crippen molar-refractivity contribution in [1.82, 2.24) is 5.32 Å². The van der Waals surface area contributed by atoms with Crippen LogP contribution in [-0.2, 0) is 5.54 Å². The van der Waals surface area contributed by atoms with Crippen molar-refractivity contribution < 1.29 is 4.74 Å². The van der Waals surface area contributed by atoms with Gasteiger partial charge in [0.25, 0.3) is 0 Å². The summed E-state index contributed by atoms with van der Waals surface area (Å²) in [6, 6.07) is 4.44. The van der Waals surface area contributed by atoms with Gasteiger partial charge in [-0.1, -0.05) is 29.8 Å². The summed E-state index contributed by atoms with van der Waals surface area (Å²) in [7, 11) is 1.75. The maximum Gasteiger partial charge on any atom is 0.123 e. The monoisotopic (exact) mass is 311 g/mol. The third kappa shape index (κ3) is 2.43. The quantitative estimate of drug-likeness (QED) is 0.904. The van der Waals surface area contributed by atoms with Crippen LogP contribution in [0.25, 0.3) is 0 Å². The van der Waals surface area contributed by atoms with Crippen LogP contribution in [0.15, 0.2) is 16.6 Å². The van der Waals surface area contributed by atoms with Gasteiger partial charge in [0.2, 0.25) is 0 Å². The van der Waals surface area contributed by atoms with Crippen molar-refractivity contribution in [2.75, 3.05) is 13.7 Å². The van der Waals surface area contributed by atoms with Gasteiger partial charge < -0.3 is 10.1 Å². The minimum Gasteiger partial charge on any atom is -0.496 e. The van der Waals surface area contributed by atoms with Gasteiger partial charge in [-0.15, -0.1) is 0 Å². The molecule has 18 heavy (non-hydrogen) atoms. The van der Waals surface area contributed by atoms with Gasteiger partial charge in [0.05, 0.1) is 7.11 Å². The van der Waals surface area contributed by atoms with Gasteiger partial charge in [-0.2, -0.15) is 0 Å². The Labute approximate surface area is 118 Å². The molecule has 1 fully saturated rings. The van der Waals surface area contributed by atoms with E-state index in [-0.39, 0.29) is 5.54 Å². The number of hydrogen-bond donors (Lipinski definition) is 1. The second-order valence-electron chi connectivity index (χ2n) is 5.59. The summed E-state index contributed by atoms with van der Waals surface area (Å²) in [5.74, 6) is 1.44. The molecule has 1 aliphatic heterocycles. The summed E-state index contributed by atoms with van der Waals surface area (Å²) < 4.78 is 6.73. The van der Waals surface area contributed by atoms with Crippen LogP contribution < -0.4 is 10.1 Å². The summed E-state index contributed by atoms with van der Waals surface area (Å²) in [4.78, 5) is 0. The summed E-state index contributed by atoms with van der Waals surface area (Å²) in [5.41, 5.74) is 2.65. The number of rotatable bonds is 3. The molecule has 1 heterocycles. The molecule has 3 heteroatoms. The van der Waals surface area contributed by atoms with Gasteiger partial charge in [0.15, 0.2) is 0 Å². The van der Waals surface area contributed by atoms with E-state index in [1.807, 2.05) is 0 Å². The molecule has 1 N–H and O–H groups in total. The second kappa shape index (κ2) is 5.22. The molecular weight excluding hydrogens is 290 g/mol. The Bertz CT molecular complexity index is 436. The molecule has 100 valence electrons. The molecule has 0 spiro atoms. The van der Waals surface area contributed by atoms with Gasteiger partial charge in [0.1, 0.15) is 5.75 Å². The van der Waals surface area contributed by atoms with Crippen molar-refractivity contribution in [1.29, 1.82) is 0 Å². The molecule has 0 aliphatic carbocycles. The van der Waals surface area contributed by atoms with Crippen molar-refractivity contribution >= 4 is 15.9 Å². The van der Waals surface area contributed by atoms with Gasteiger partial charge in [-0.3, -0.25) is 0 Å². The molecule has 1 unspecified atom stereocenters. The van der Waals surface area contributed by atoms with Crippen LogP contribution in [0.4, 0.5) is 0 Å². The van der Waals surface area contributed by atoms with E-state index in [1.54, 1.807) is 7.11 Å². The van der Waals surface area contributed by atoms with Crippen molar-refractivity contribution in [3.63, 3.8) is 0 Å². The Kier molecular flexibility index (Phi) is 4.02. The van der Waals surface area contributed by atoms with E-state index in [2.05, 4.69) is 54.2 Å². The minimum atomic E-state index is 0.0886. The molecule has 2 rings (SSSR count). The fourth-order valence-electron chi connectivity index (χ4n) is 2.78. The molecule has 0 amide bonds. The normalized spacial score (nSPS) is 23.7. The molecule has 2 nitrogen and oxygen atoms in total. The first kappa shape index (κ1) is 13.9. The Balaban J connectivity index is 2.49. The van der Waals surface area contributed by atoms with E-state index >= 15 is 0 Å². The zero-order valence-electron chi connectivity index (χ0n) is 11.6. The third-order valence-electron chi connectivity index (χ3n) is 3.89. The number of halogens is 1. The summed E-state index contributed by atoms with van der Waals surface area (Å²) in [6.45, 7) is 7.76. The first-order chi connectivity index (χ1) is 8.48. The predicted molar refractivity (Wildman–Crippen MR) is 79.4 cm³/mol. The van der Waals surface area contributed by atoms with Gasteiger partial charge in [-0.05, 0) is 49.9 Å². The SMILES string of the molecule is COc1cc(C2(C)CCCN2)cc(Br)c1C(C)C. The van der Waals surface area contributed by atoms with Crippen LogP contribution in [0.2, 0.25) is 0 Å². The maximum atomic E-state index is 5.57. The van der Waals surface area contributed by atoms with E-state index in [0.717, 1.165) is 16.8 Å². The average molecular weight is 312 g/mol. The Hall–Kier alpha value is -0.540. The van der Waals surface area contributed by atoms with Crippen molar-refractivity contribution in [3.8, 4) is 5.75 Å². The van der Waals surface area contributed by atoms with Gasteiger partial charge in [0, 0.05) is 15.6 Å². The van der Waals surface area contributed by atoms with Gasteiger partial charge in [-0.25, -0.2) is 0 Å². The highest BCUT2D eigenvalue weighted by atomic mass is 79.9. The van der Waals surface area contributed by atoms with Crippen LogP contribution in [0.3, 0.4) is 0 Å². The van der Waals surface area contributed by atoms with E-state index in [4.69, 9.17) is 4.74 Å². The topological polar surface area (TPSA) is 21.3 Å². The summed E-state index contributed by atoms with van der Waals surface area (Å²) in [6.07, 6.45) is 2.42. The van der Waals surface area contributed by atoms with E-state index in [9.17, 15) is 0 Å². The molecule has 1 saturated heterocycles. The fourth-order valence-corrected chi connectivity index (χ4v) is 3.68. The molecule has 1 aliphatic rings. The lowest BCUT2D eigenvalue weighted by Gasteiger charge is -2.27. The van der Waals surface area contributed by atoms with Crippen LogP contribution >= 0.6 is 15.9 Å². The molecule has 0 radical (unpaired) electrons. The second-order valence-corrected chi connectivity index (χ2v) is 6.45. The Morgan fingerprint density at radius 1 is 1.39 bits per heavy atom. The first-order valence-electron chi connectivity index (χ1n) is 6.61. The van der Waals surface area contributed by atoms with Crippen LogP contribution in [0, 0.1) is 0 Å². The van der Waals surface area contributed by atoms with E-state index < -0.39 is 0 Å². The van der Waals surface area contributed by atoms with Gasteiger partial charge >= 0.3 is 0 Å². The van der Waals surface area contributed by atoms with E-state index in [0.29, 0.717) is 5.92 Å². The molecular formula is C15H22BrNO. The standard InChI is InChI=1S/C15H22BrNO/c1-10(2)14-12(16)8-11(9-13(14)18-4)15(3)6-5-7-17-15/h8-10,17H,5-7H2,1-4H3. The van der Waals surface area contributed by atoms with Crippen molar-refractivity contribution in [2.24, 2.45) is 0 Å². The highest BCUT2D eigenvalue weighted by molar-refractivity contribution is 9.10. The van der Waals surface area contributed by atoms with E-state index in [1.165, 1.54) is 24.0 Å². The fraction of sp³-hybridized carbons (Fsp3) is 0.600. The first-order valence-corrected chi connectivity index (χ1v) is 7.40. The number of ether oxygens (including phenoxy) is 1. The van der Waals surface area contributed by atoms with Crippen LogP contribution in [-0.4, -0.2) is 13.7 Å². The minimum absolute atomic E-state index is 0.0886. The predicted octanol–water partition coefficient (Wildman–Crippen LogP) is 4.18. The zero-order chi connectivity index (χ0) is 13.3. The van der Waals surface area contributed by atoms with Crippen molar-refractivity contribution in [2.45, 2.75) is 45.1 Å². The molecule has 0 bridgehead atoms. The lowest BCUT2D eigenvalue weighted by atomic mass is 9.88. The molecule has 1 aromatic rings. The highest BCUT2D eigenvalue weighted by Gasteiger charge is 2.31. The van der Waals surface area contributed by atoms with Crippen molar-refractivity contribution in [3.05, 3.63) is 27.7 Å². The molecule has 1 atom stereocenters. The summed E-state index contributed by atoms with van der Waals surface area (Å²) in [5, 5.41) is 3.60. The number of benzene rings is 1. The number of methoxy groups -OCH3 is 1. The molecule has 0 aromatic heterocycles.